The van der Waals surface area contributed by atoms with Gasteiger partial charge in [-0.25, -0.2) is 0 Å². The van der Waals surface area contributed by atoms with Crippen LogP contribution in [0.4, 0.5) is 0 Å². The SMILES string of the molecule is CC1CC2C(CC3CCCC3C2c2ccc(C(C)(C)C)cc2)C1[Si](C)(C)C1C(C)C(C)C2SC3CCCCC3C21. The zero-order valence-corrected chi connectivity index (χ0v) is 29.0. The molecule has 2 heteroatoms. The molecule has 1 aromatic carbocycles. The van der Waals surface area contributed by atoms with E-state index in [1.165, 1.54) is 50.5 Å². The molecule has 1 saturated heterocycles. The lowest BCUT2D eigenvalue weighted by Crippen LogP contribution is -2.49. The molecule has 0 spiro atoms. The molecule has 0 amide bonds. The molecule has 7 rings (SSSR count). The Kier molecular flexibility index (Phi) is 7.26. The minimum Gasteiger partial charge on any atom is -0.154 e. The van der Waals surface area contributed by atoms with Crippen molar-refractivity contribution in [3.63, 3.8) is 0 Å². The molecule has 1 heterocycles. The molecule has 5 saturated carbocycles. The molecule has 0 nitrogen and oxygen atoms in total. The van der Waals surface area contributed by atoms with Gasteiger partial charge in [-0.2, -0.15) is 11.8 Å². The minimum absolute atomic E-state index is 0.245. The minimum atomic E-state index is -1.50. The standard InChI is InChI=1S/C38H60SSi/c1-22-20-30-31(21-26-12-11-14-28(26)33(30)25-16-18-27(19-17-25)38(4,5)6)36(22)40(7,8)37-24(3)23(2)35-34(37)29-13-9-10-15-32(29)39-35/h16-19,22-24,26,28-37H,9-15,20-21H2,1-8H3. The molecule has 0 radical (unpaired) electrons. The Hall–Kier alpha value is -0.213. The van der Waals surface area contributed by atoms with Crippen LogP contribution in [0.2, 0.25) is 24.2 Å². The van der Waals surface area contributed by atoms with Crippen LogP contribution in [0.3, 0.4) is 0 Å². The molecule has 222 valence electrons. The van der Waals surface area contributed by atoms with E-state index in [0.29, 0.717) is 0 Å². The molecular weight excluding hydrogens is 517 g/mol. The summed E-state index contributed by atoms with van der Waals surface area (Å²) in [7, 11) is -1.50. The Morgan fingerprint density at radius 2 is 1.43 bits per heavy atom. The summed E-state index contributed by atoms with van der Waals surface area (Å²) >= 11 is 2.50. The average molecular weight is 577 g/mol. The van der Waals surface area contributed by atoms with E-state index in [-0.39, 0.29) is 5.41 Å². The lowest BCUT2D eigenvalue weighted by Gasteiger charge is -2.50. The number of hydrogen-bond donors (Lipinski definition) is 0. The summed E-state index contributed by atoms with van der Waals surface area (Å²) in [5, 5.41) is 1.99. The van der Waals surface area contributed by atoms with E-state index < -0.39 is 8.07 Å². The van der Waals surface area contributed by atoms with Crippen LogP contribution in [-0.2, 0) is 5.41 Å². The largest absolute Gasteiger partial charge is 0.154 e. The Balaban J connectivity index is 1.22. The van der Waals surface area contributed by atoms with E-state index in [1.807, 2.05) is 0 Å². The number of fused-ring (bicyclic) bond motifs is 5. The number of thioether (sulfide) groups is 1. The Labute approximate surface area is 253 Å². The van der Waals surface area contributed by atoms with E-state index in [0.717, 1.165) is 80.8 Å². The summed E-state index contributed by atoms with van der Waals surface area (Å²) in [6.07, 6.45) is 13.7. The van der Waals surface area contributed by atoms with Crippen molar-refractivity contribution in [1.29, 1.82) is 0 Å². The number of rotatable bonds is 3. The van der Waals surface area contributed by atoms with Crippen LogP contribution < -0.4 is 0 Å². The van der Waals surface area contributed by atoms with Gasteiger partial charge in [-0.15, -0.1) is 0 Å². The Morgan fingerprint density at radius 1 is 0.725 bits per heavy atom. The molecule has 1 aromatic rings. The first-order valence-electron chi connectivity index (χ1n) is 17.7. The second kappa shape index (κ2) is 10.2. The van der Waals surface area contributed by atoms with Crippen LogP contribution in [-0.4, -0.2) is 18.6 Å². The quantitative estimate of drug-likeness (QED) is 0.322. The third kappa shape index (κ3) is 4.32. The third-order valence-electron chi connectivity index (χ3n) is 14.7. The van der Waals surface area contributed by atoms with Crippen LogP contribution in [0.1, 0.15) is 116 Å². The van der Waals surface area contributed by atoms with E-state index >= 15 is 0 Å². The molecule has 5 aliphatic carbocycles. The molecule has 14 atom stereocenters. The van der Waals surface area contributed by atoms with Gasteiger partial charge in [0.1, 0.15) is 0 Å². The van der Waals surface area contributed by atoms with Crippen LogP contribution in [0.15, 0.2) is 24.3 Å². The van der Waals surface area contributed by atoms with Crippen molar-refractivity contribution in [2.45, 2.75) is 145 Å². The predicted octanol–water partition coefficient (Wildman–Crippen LogP) is 11.2. The summed E-state index contributed by atoms with van der Waals surface area (Å²) < 4.78 is 0. The smallest absolute Gasteiger partial charge is 0.0547 e. The summed E-state index contributed by atoms with van der Waals surface area (Å²) in [6, 6.07) is 10.2. The van der Waals surface area contributed by atoms with E-state index in [9.17, 15) is 0 Å². The van der Waals surface area contributed by atoms with Gasteiger partial charge < -0.3 is 0 Å². The predicted molar refractivity (Wildman–Crippen MR) is 178 cm³/mol. The van der Waals surface area contributed by atoms with Gasteiger partial charge in [0.2, 0.25) is 0 Å². The first kappa shape index (κ1) is 28.6. The third-order valence-corrected chi connectivity index (χ3v) is 22.0. The van der Waals surface area contributed by atoms with Crippen molar-refractivity contribution < 1.29 is 0 Å². The molecule has 0 aromatic heterocycles. The van der Waals surface area contributed by atoms with Crippen LogP contribution in [0.5, 0.6) is 0 Å². The lowest BCUT2D eigenvalue weighted by molar-refractivity contribution is 0.120. The molecule has 0 bridgehead atoms. The van der Waals surface area contributed by atoms with Gasteiger partial charge in [0.15, 0.2) is 0 Å². The average Bonchev–Trinajstić information content (AvgIpc) is 3.65. The van der Waals surface area contributed by atoms with Crippen LogP contribution >= 0.6 is 11.8 Å². The highest BCUT2D eigenvalue weighted by Crippen LogP contribution is 2.71. The fourth-order valence-corrected chi connectivity index (χ4v) is 22.3. The van der Waals surface area contributed by atoms with E-state index in [2.05, 4.69) is 90.7 Å². The highest BCUT2D eigenvalue weighted by molar-refractivity contribution is 8.00. The normalized spacial score (nSPS) is 48.5. The monoisotopic (exact) mass is 576 g/mol. The molecule has 6 fully saturated rings. The molecule has 1 aliphatic heterocycles. The van der Waals surface area contributed by atoms with Crippen molar-refractivity contribution in [1.82, 2.24) is 0 Å². The summed E-state index contributed by atoms with van der Waals surface area (Å²) in [4.78, 5) is 0. The van der Waals surface area contributed by atoms with Gasteiger partial charge in [-0.1, -0.05) is 105 Å². The van der Waals surface area contributed by atoms with Gasteiger partial charge in [0, 0.05) is 10.5 Å². The fraction of sp³-hybridized carbons (Fsp3) is 0.842. The van der Waals surface area contributed by atoms with Crippen molar-refractivity contribution >= 4 is 19.8 Å². The van der Waals surface area contributed by atoms with Gasteiger partial charge in [-0.3, -0.25) is 0 Å². The van der Waals surface area contributed by atoms with Gasteiger partial charge in [0.05, 0.1) is 8.07 Å². The highest BCUT2D eigenvalue weighted by Gasteiger charge is 2.65. The van der Waals surface area contributed by atoms with Gasteiger partial charge in [-0.05, 0) is 119 Å². The first-order valence-corrected chi connectivity index (χ1v) is 21.8. The second-order valence-electron chi connectivity index (χ2n) is 17.8. The van der Waals surface area contributed by atoms with Crippen LogP contribution in [0.25, 0.3) is 0 Å². The summed E-state index contributed by atoms with van der Waals surface area (Å²) in [5.74, 6) is 9.66. The maximum atomic E-state index is 2.95. The Bertz CT molecular complexity index is 1070. The van der Waals surface area contributed by atoms with E-state index in [1.54, 1.807) is 18.4 Å². The summed E-state index contributed by atoms with van der Waals surface area (Å²) in [5.41, 5.74) is 5.57. The number of hydrogen-bond acceptors (Lipinski definition) is 1. The first-order chi connectivity index (χ1) is 19.0. The Morgan fingerprint density at radius 3 is 2.15 bits per heavy atom. The van der Waals surface area contributed by atoms with Crippen molar-refractivity contribution in [2.24, 2.45) is 53.3 Å². The van der Waals surface area contributed by atoms with Crippen molar-refractivity contribution in [3.8, 4) is 0 Å². The topological polar surface area (TPSA) is 0 Å². The second-order valence-corrected chi connectivity index (χ2v) is 24.2. The zero-order valence-electron chi connectivity index (χ0n) is 27.2. The zero-order chi connectivity index (χ0) is 28.1. The van der Waals surface area contributed by atoms with Crippen molar-refractivity contribution in [3.05, 3.63) is 35.4 Å². The highest BCUT2D eigenvalue weighted by atomic mass is 32.2. The molecule has 6 aliphatic rings. The van der Waals surface area contributed by atoms with Gasteiger partial charge in [0.25, 0.3) is 0 Å². The van der Waals surface area contributed by atoms with Crippen molar-refractivity contribution in [2.75, 3.05) is 0 Å². The fourth-order valence-electron chi connectivity index (χ4n) is 13.2. The van der Waals surface area contributed by atoms with E-state index in [4.69, 9.17) is 0 Å². The molecule has 40 heavy (non-hydrogen) atoms. The summed E-state index contributed by atoms with van der Waals surface area (Å²) in [6.45, 7) is 21.1. The molecule has 0 N–H and O–H groups in total. The van der Waals surface area contributed by atoms with Gasteiger partial charge >= 0.3 is 0 Å². The maximum Gasteiger partial charge on any atom is 0.0547 e. The van der Waals surface area contributed by atoms with Crippen LogP contribution in [0, 0.1) is 53.3 Å². The number of benzene rings is 1. The lowest BCUT2D eigenvalue weighted by atomic mass is 9.61. The maximum absolute atomic E-state index is 2.95. The molecule has 14 unspecified atom stereocenters. The molecular formula is C38H60SSi.